The number of carbonyl (C=O) groups is 1. The van der Waals surface area contributed by atoms with E-state index >= 15 is 0 Å². The van der Waals surface area contributed by atoms with Gasteiger partial charge in [0.2, 0.25) is 5.91 Å². The third-order valence-corrected chi connectivity index (χ3v) is 6.49. The van der Waals surface area contributed by atoms with Crippen LogP contribution in [0.5, 0.6) is 0 Å². The topological polar surface area (TPSA) is 58.4 Å². The largest absolute Gasteiger partial charge is 0.352 e. The summed E-state index contributed by atoms with van der Waals surface area (Å²) in [6, 6.07) is 9.24. The monoisotopic (exact) mass is 429 g/mol. The van der Waals surface area contributed by atoms with Gasteiger partial charge < -0.3 is 11.1 Å². The van der Waals surface area contributed by atoms with E-state index in [1.165, 1.54) is 43.2 Å². The van der Waals surface area contributed by atoms with Crippen molar-refractivity contribution in [2.45, 2.75) is 70.5 Å². The molecule has 0 aromatic heterocycles. The van der Waals surface area contributed by atoms with Crippen LogP contribution in [-0.4, -0.2) is 30.4 Å². The lowest BCUT2D eigenvalue weighted by atomic mass is 9.94. The molecule has 0 unspecified atom stereocenters. The third-order valence-electron chi connectivity index (χ3n) is 6.49. The molecule has 1 aromatic carbocycles. The van der Waals surface area contributed by atoms with Crippen LogP contribution < -0.4 is 11.1 Å². The number of halogens is 2. The number of hydrogen-bond acceptors (Lipinski definition) is 3. The van der Waals surface area contributed by atoms with Gasteiger partial charge in [0, 0.05) is 25.0 Å². The lowest BCUT2D eigenvalue weighted by Gasteiger charge is -2.31. The molecule has 4 nitrogen and oxygen atoms in total. The second kappa shape index (κ2) is 12.7. The summed E-state index contributed by atoms with van der Waals surface area (Å²) >= 11 is 0. The fourth-order valence-corrected chi connectivity index (χ4v) is 4.78. The Kier molecular flexibility index (Phi) is 11.4. The number of nitrogens with zero attached hydrogens (tertiary/aromatic N) is 1. The number of carbonyl (C=O) groups excluding carboxylic acids is 1. The molecule has 2 fully saturated rings. The average molecular weight is 430 g/mol. The highest BCUT2D eigenvalue weighted by atomic mass is 35.5. The van der Waals surface area contributed by atoms with E-state index in [0.717, 1.165) is 25.8 Å². The van der Waals surface area contributed by atoms with Gasteiger partial charge in [-0.05, 0) is 56.3 Å². The molecule has 2 atom stereocenters. The fourth-order valence-electron chi connectivity index (χ4n) is 4.78. The zero-order valence-electron chi connectivity index (χ0n) is 17.1. The normalized spacial score (nSPS) is 22.4. The highest BCUT2D eigenvalue weighted by Gasteiger charge is 2.31. The molecular weight excluding hydrogens is 393 g/mol. The molecule has 3 N–H and O–H groups in total. The van der Waals surface area contributed by atoms with E-state index in [9.17, 15) is 4.79 Å². The van der Waals surface area contributed by atoms with Gasteiger partial charge in [0.1, 0.15) is 0 Å². The summed E-state index contributed by atoms with van der Waals surface area (Å²) in [7, 11) is 2.25. The van der Waals surface area contributed by atoms with E-state index in [1.54, 1.807) is 0 Å². The van der Waals surface area contributed by atoms with Crippen LogP contribution in [0.25, 0.3) is 0 Å². The molecule has 160 valence electrons. The molecule has 3 rings (SSSR count). The first-order chi connectivity index (χ1) is 12.7. The van der Waals surface area contributed by atoms with E-state index in [4.69, 9.17) is 5.73 Å². The van der Waals surface area contributed by atoms with Gasteiger partial charge in [0.05, 0.1) is 0 Å². The first kappa shape index (κ1) is 25.2. The molecule has 1 amide bonds. The SMILES string of the molecule is CN(Cc1ccccc1CNC(=O)[C@@H]1CCC[C@@H]1CN)C1CCCCC1.Cl.Cl. The van der Waals surface area contributed by atoms with Crippen molar-refractivity contribution in [3.05, 3.63) is 35.4 Å². The second-order valence-electron chi connectivity index (χ2n) is 8.23. The molecule has 2 saturated carbocycles. The maximum absolute atomic E-state index is 12.6. The van der Waals surface area contributed by atoms with Crippen molar-refractivity contribution in [1.82, 2.24) is 10.2 Å². The number of amides is 1. The standard InChI is InChI=1S/C22H35N3O.2ClH/c1-25(20-11-3-2-4-12-20)16-19-9-6-5-8-18(19)15-24-22(26)21-13-7-10-17(21)14-23;;/h5-6,8-9,17,20-21H,2-4,7,10-16,23H2,1H3,(H,24,26);2*1H/t17-,21-;;/m1../s1. The van der Waals surface area contributed by atoms with Crippen molar-refractivity contribution in [3.63, 3.8) is 0 Å². The molecule has 0 bridgehead atoms. The molecule has 2 aliphatic rings. The van der Waals surface area contributed by atoms with Gasteiger partial charge in [0.15, 0.2) is 0 Å². The zero-order valence-corrected chi connectivity index (χ0v) is 18.7. The number of nitrogens with two attached hydrogens (primary N) is 1. The lowest BCUT2D eigenvalue weighted by molar-refractivity contribution is -0.126. The van der Waals surface area contributed by atoms with Crippen LogP contribution in [0.2, 0.25) is 0 Å². The maximum Gasteiger partial charge on any atom is 0.223 e. The molecular formula is C22H37Cl2N3O. The Hall–Kier alpha value is -0.810. The van der Waals surface area contributed by atoms with Crippen LogP contribution in [0, 0.1) is 11.8 Å². The maximum atomic E-state index is 12.6. The molecule has 0 saturated heterocycles. The van der Waals surface area contributed by atoms with E-state index < -0.39 is 0 Å². The molecule has 0 radical (unpaired) electrons. The predicted molar refractivity (Wildman–Crippen MR) is 121 cm³/mol. The number of benzene rings is 1. The van der Waals surface area contributed by atoms with Crippen LogP contribution >= 0.6 is 24.8 Å². The molecule has 2 aliphatic carbocycles. The molecule has 6 heteroatoms. The zero-order chi connectivity index (χ0) is 18.4. The average Bonchev–Trinajstić information content (AvgIpc) is 3.16. The van der Waals surface area contributed by atoms with E-state index in [1.807, 2.05) is 0 Å². The van der Waals surface area contributed by atoms with Crippen LogP contribution in [0.4, 0.5) is 0 Å². The van der Waals surface area contributed by atoms with Gasteiger partial charge in [0.25, 0.3) is 0 Å². The van der Waals surface area contributed by atoms with Crippen molar-refractivity contribution >= 4 is 30.7 Å². The van der Waals surface area contributed by atoms with Gasteiger partial charge in [-0.15, -0.1) is 24.8 Å². The third kappa shape index (κ3) is 6.62. The highest BCUT2D eigenvalue weighted by Crippen LogP contribution is 2.31. The fraction of sp³-hybridized carbons (Fsp3) is 0.682. The van der Waals surface area contributed by atoms with Gasteiger partial charge in [-0.3, -0.25) is 9.69 Å². The first-order valence-electron chi connectivity index (χ1n) is 10.4. The van der Waals surface area contributed by atoms with Gasteiger partial charge in [-0.1, -0.05) is 49.9 Å². The lowest BCUT2D eigenvalue weighted by Crippen LogP contribution is -2.35. The summed E-state index contributed by atoms with van der Waals surface area (Å²) in [5.74, 6) is 0.660. The minimum Gasteiger partial charge on any atom is -0.352 e. The minimum atomic E-state index is 0. The Balaban J connectivity index is 0.00000196. The summed E-state index contributed by atoms with van der Waals surface area (Å²) in [5, 5.41) is 3.19. The molecule has 28 heavy (non-hydrogen) atoms. The van der Waals surface area contributed by atoms with Crippen LogP contribution in [-0.2, 0) is 17.9 Å². The minimum absolute atomic E-state index is 0. The van der Waals surface area contributed by atoms with E-state index in [2.05, 4.69) is 41.5 Å². The number of hydrogen-bond donors (Lipinski definition) is 2. The van der Waals surface area contributed by atoms with E-state index in [-0.39, 0.29) is 36.6 Å². The Morgan fingerprint density at radius 1 is 1.04 bits per heavy atom. The summed E-state index contributed by atoms with van der Waals surface area (Å²) in [6.45, 7) is 2.22. The molecule has 0 heterocycles. The van der Waals surface area contributed by atoms with Crippen LogP contribution in [0.15, 0.2) is 24.3 Å². The quantitative estimate of drug-likeness (QED) is 0.679. The number of nitrogens with one attached hydrogen (secondary N) is 1. The Labute approximate surface area is 182 Å². The predicted octanol–water partition coefficient (Wildman–Crippen LogP) is 4.29. The van der Waals surface area contributed by atoms with Crippen molar-refractivity contribution in [1.29, 1.82) is 0 Å². The van der Waals surface area contributed by atoms with Crippen molar-refractivity contribution in [2.24, 2.45) is 17.6 Å². The second-order valence-corrected chi connectivity index (χ2v) is 8.23. The first-order valence-corrected chi connectivity index (χ1v) is 10.4. The summed E-state index contributed by atoms with van der Waals surface area (Å²) in [4.78, 5) is 15.1. The Morgan fingerprint density at radius 3 is 2.39 bits per heavy atom. The summed E-state index contributed by atoms with van der Waals surface area (Å²) in [6.07, 6.45) is 9.94. The Morgan fingerprint density at radius 2 is 1.71 bits per heavy atom. The van der Waals surface area contributed by atoms with E-state index in [0.29, 0.717) is 25.0 Å². The van der Waals surface area contributed by atoms with Gasteiger partial charge >= 0.3 is 0 Å². The summed E-state index contributed by atoms with van der Waals surface area (Å²) < 4.78 is 0. The van der Waals surface area contributed by atoms with Crippen molar-refractivity contribution < 1.29 is 4.79 Å². The molecule has 0 aliphatic heterocycles. The Bertz CT molecular complexity index is 593. The van der Waals surface area contributed by atoms with Gasteiger partial charge in [-0.2, -0.15) is 0 Å². The van der Waals surface area contributed by atoms with Gasteiger partial charge in [-0.25, -0.2) is 0 Å². The van der Waals surface area contributed by atoms with Crippen LogP contribution in [0.3, 0.4) is 0 Å². The molecule has 1 aromatic rings. The highest BCUT2D eigenvalue weighted by molar-refractivity contribution is 5.85. The van der Waals surface area contributed by atoms with Crippen molar-refractivity contribution in [2.75, 3.05) is 13.6 Å². The van der Waals surface area contributed by atoms with Crippen LogP contribution in [0.1, 0.15) is 62.5 Å². The van der Waals surface area contributed by atoms with Crippen molar-refractivity contribution in [3.8, 4) is 0 Å². The number of rotatable bonds is 7. The summed E-state index contributed by atoms with van der Waals surface area (Å²) in [5.41, 5.74) is 8.41. The molecule has 0 spiro atoms. The smallest absolute Gasteiger partial charge is 0.223 e.